The summed E-state index contributed by atoms with van der Waals surface area (Å²) in [7, 11) is 0. The van der Waals surface area contributed by atoms with E-state index in [2.05, 4.69) is 65.6 Å². The number of hydrazine groups is 1. The van der Waals surface area contributed by atoms with Crippen molar-refractivity contribution in [3.63, 3.8) is 0 Å². The number of rotatable bonds is 6. The second-order valence-corrected chi connectivity index (χ2v) is 5.70. The fourth-order valence-electron chi connectivity index (χ4n) is 1.74. The number of unbranched alkanes of at least 4 members (excludes halogenated alkanes) is 1. The Labute approximate surface area is 122 Å². The monoisotopic (exact) mass is 291 g/mol. The molecular weight excluding hydrogens is 274 g/mol. The largest absolute Gasteiger partial charge is 0.375 e. The van der Waals surface area contributed by atoms with Crippen LogP contribution in [0.4, 0.5) is 0 Å². The first-order valence-electron chi connectivity index (χ1n) is 6.19. The molecule has 100 valence electrons. The van der Waals surface area contributed by atoms with Crippen LogP contribution in [0.1, 0.15) is 17.7 Å². The molecule has 0 fully saturated rings. The molecule has 2 aromatic rings. The van der Waals surface area contributed by atoms with Crippen molar-refractivity contribution in [2.75, 3.05) is 6.54 Å². The van der Waals surface area contributed by atoms with E-state index < -0.39 is 0 Å². The summed E-state index contributed by atoms with van der Waals surface area (Å²) in [5, 5.41) is 1.59. The van der Waals surface area contributed by atoms with Crippen molar-refractivity contribution in [3.05, 3.63) is 41.3 Å². The van der Waals surface area contributed by atoms with Gasteiger partial charge in [0.25, 0.3) is 0 Å². The summed E-state index contributed by atoms with van der Waals surface area (Å²) in [6.45, 7) is 0.841. The van der Waals surface area contributed by atoms with Crippen LogP contribution in [0.25, 0.3) is 16.2 Å². The summed E-state index contributed by atoms with van der Waals surface area (Å²) in [4.78, 5) is 1.30. The quantitative estimate of drug-likeness (QED) is 0.435. The average molecular weight is 291 g/mol. The lowest BCUT2D eigenvalue weighted by Crippen LogP contribution is -2.41. The second kappa shape index (κ2) is 7.23. The van der Waals surface area contributed by atoms with E-state index in [-0.39, 0.29) is 5.11 Å². The van der Waals surface area contributed by atoms with Crippen LogP contribution in [0.3, 0.4) is 0 Å². The third kappa shape index (κ3) is 4.63. The van der Waals surface area contributed by atoms with Gasteiger partial charge in [0.15, 0.2) is 5.11 Å². The van der Waals surface area contributed by atoms with Gasteiger partial charge in [0, 0.05) is 16.1 Å². The number of fused-ring (bicyclic) bond motifs is 1. The lowest BCUT2D eigenvalue weighted by Gasteiger charge is -2.03. The minimum atomic E-state index is 0.279. The Balaban J connectivity index is 1.74. The van der Waals surface area contributed by atoms with E-state index in [1.54, 1.807) is 0 Å². The highest BCUT2D eigenvalue weighted by atomic mass is 32.1. The number of nitrogens with two attached hydrogens (primary N) is 1. The molecule has 0 spiro atoms. The number of allylic oxidation sites excluding steroid dienone is 1. The molecule has 0 aliphatic heterocycles. The highest BCUT2D eigenvalue weighted by Gasteiger charge is 1.96. The highest BCUT2D eigenvalue weighted by molar-refractivity contribution is 7.80. The molecule has 0 atom stereocenters. The lowest BCUT2D eigenvalue weighted by atomic mass is 10.2. The first-order valence-corrected chi connectivity index (χ1v) is 7.41. The maximum Gasteiger partial charge on any atom is 0.178 e. The Morgan fingerprint density at radius 3 is 3.00 bits per heavy atom. The van der Waals surface area contributed by atoms with E-state index in [1.165, 1.54) is 15.0 Å². The molecule has 0 saturated carbocycles. The molecule has 0 saturated heterocycles. The molecule has 3 nitrogen and oxygen atoms in total. The number of hydrogen-bond donors (Lipinski definition) is 3. The number of thiocarbonyl (C=S) groups is 1. The zero-order valence-electron chi connectivity index (χ0n) is 10.6. The predicted molar refractivity (Wildman–Crippen MR) is 88.0 cm³/mol. The number of hydrogen-bond acceptors (Lipinski definition) is 3. The van der Waals surface area contributed by atoms with Crippen LogP contribution >= 0.6 is 23.6 Å². The van der Waals surface area contributed by atoms with Gasteiger partial charge in [-0.2, -0.15) is 0 Å². The summed E-state index contributed by atoms with van der Waals surface area (Å²) < 4.78 is 1.34. The summed E-state index contributed by atoms with van der Waals surface area (Å²) in [6.07, 6.45) is 6.45. The van der Waals surface area contributed by atoms with Crippen molar-refractivity contribution in [2.24, 2.45) is 5.73 Å². The zero-order valence-corrected chi connectivity index (χ0v) is 12.2. The molecular formula is C14H17N3S2. The minimum Gasteiger partial charge on any atom is -0.375 e. The van der Waals surface area contributed by atoms with Gasteiger partial charge in [-0.3, -0.25) is 5.43 Å². The average Bonchev–Trinajstić information content (AvgIpc) is 2.79. The fourth-order valence-corrected chi connectivity index (χ4v) is 2.81. The van der Waals surface area contributed by atoms with Crippen LogP contribution in [-0.4, -0.2) is 11.7 Å². The van der Waals surface area contributed by atoms with Gasteiger partial charge in [0.2, 0.25) is 0 Å². The molecule has 0 bridgehead atoms. The third-order valence-electron chi connectivity index (χ3n) is 2.61. The van der Waals surface area contributed by atoms with Gasteiger partial charge in [0.05, 0.1) is 0 Å². The predicted octanol–water partition coefficient (Wildman–Crippen LogP) is 3.03. The first-order chi connectivity index (χ1) is 9.25. The van der Waals surface area contributed by atoms with Gasteiger partial charge in [-0.05, 0) is 48.7 Å². The summed E-state index contributed by atoms with van der Waals surface area (Å²) in [5.41, 5.74) is 11.0. The highest BCUT2D eigenvalue weighted by Crippen LogP contribution is 2.26. The molecule has 0 aliphatic rings. The Bertz CT molecular complexity index is 542. The molecule has 1 heterocycles. The molecule has 1 aromatic carbocycles. The van der Waals surface area contributed by atoms with Crippen LogP contribution in [0.15, 0.2) is 36.4 Å². The molecule has 2 rings (SSSR count). The Kier molecular flexibility index (Phi) is 5.32. The van der Waals surface area contributed by atoms with E-state index in [0.717, 1.165) is 19.4 Å². The maximum absolute atomic E-state index is 5.29. The molecule has 4 N–H and O–H groups in total. The Morgan fingerprint density at radius 2 is 2.21 bits per heavy atom. The summed E-state index contributed by atoms with van der Waals surface area (Å²) in [5.74, 6) is 0. The maximum atomic E-state index is 5.29. The Morgan fingerprint density at radius 1 is 1.37 bits per heavy atom. The van der Waals surface area contributed by atoms with Gasteiger partial charge in [-0.25, -0.2) is 5.43 Å². The van der Waals surface area contributed by atoms with Crippen molar-refractivity contribution in [2.45, 2.75) is 12.8 Å². The van der Waals surface area contributed by atoms with Crippen molar-refractivity contribution >= 4 is 44.8 Å². The molecule has 5 heteroatoms. The van der Waals surface area contributed by atoms with Crippen molar-refractivity contribution < 1.29 is 0 Å². The number of thiophene rings is 1. The molecule has 0 unspecified atom stereocenters. The van der Waals surface area contributed by atoms with Crippen LogP contribution < -0.4 is 16.6 Å². The van der Waals surface area contributed by atoms with E-state index in [4.69, 9.17) is 5.73 Å². The smallest absolute Gasteiger partial charge is 0.178 e. The number of nitrogens with one attached hydrogen (secondary N) is 2. The summed E-state index contributed by atoms with van der Waals surface area (Å²) >= 11 is 6.50. The zero-order chi connectivity index (χ0) is 13.5. The van der Waals surface area contributed by atoms with Crippen LogP contribution in [0, 0.1) is 0 Å². The minimum absolute atomic E-state index is 0.279. The fraction of sp³-hybridized carbons (Fsp3) is 0.214. The van der Waals surface area contributed by atoms with Gasteiger partial charge in [-0.1, -0.05) is 24.3 Å². The van der Waals surface area contributed by atoms with Gasteiger partial charge in [-0.15, -0.1) is 11.3 Å². The Hall–Kier alpha value is -1.43. The first kappa shape index (κ1) is 14.0. The van der Waals surface area contributed by atoms with E-state index >= 15 is 0 Å². The van der Waals surface area contributed by atoms with Crippen LogP contribution in [0.2, 0.25) is 0 Å². The van der Waals surface area contributed by atoms with Gasteiger partial charge < -0.3 is 5.73 Å². The second-order valence-electron chi connectivity index (χ2n) is 4.15. The van der Waals surface area contributed by atoms with Crippen LogP contribution in [0.5, 0.6) is 0 Å². The van der Waals surface area contributed by atoms with E-state index in [1.807, 2.05) is 11.3 Å². The SMILES string of the molecule is NC(=S)NNCCCC=Cc1cc2ccccc2s1. The molecule has 0 amide bonds. The molecule has 1 aromatic heterocycles. The number of benzene rings is 1. The van der Waals surface area contributed by atoms with Gasteiger partial charge >= 0.3 is 0 Å². The van der Waals surface area contributed by atoms with E-state index in [9.17, 15) is 0 Å². The lowest BCUT2D eigenvalue weighted by molar-refractivity contribution is 0.626. The molecule has 19 heavy (non-hydrogen) atoms. The molecule has 0 aliphatic carbocycles. The standard InChI is InChI=1S/C14H17N3S2/c15-14(18)17-16-9-5-1-2-7-12-10-11-6-3-4-8-13(11)19-12/h2-4,6-8,10,16H,1,5,9H2,(H3,15,17,18). The molecule has 0 radical (unpaired) electrons. The van der Waals surface area contributed by atoms with Gasteiger partial charge in [0.1, 0.15) is 0 Å². The van der Waals surface area contributed by atoms with Crippen molar-refractivity contribution in [1.29, 1.82) is 0 Å². The summed E-state index contributed by atoms with van der Waals surface area (Å²) in [6, 6.07) is 10.7. The topological polar surface area (TPSA) is 50.1 Å². The van der Waals surface area contributed by atoms with Crippen LogP contribution in [-0.2, 0) is 0 Å². The van der Waals surface area contributed by atoms with E-state index in [0.29, 0.717) is 0 Å². The normalized spacial score (nSPS) is 11.2. The van der Waals surface area contributed by atoms with Crippen molar-refractivity contribution in [3.8, 4) is 0 Å². The van der Waals surface area contributed by atoms with Crippen molar-refractivity contribution in [1.82, 2.24) is 10.9 Å². The third-order valence-corrected chi connectivity index (χ3v) is 3.79.